The van der Waals surface area contributed by atoms with Gasteiger partial charge in [-0.2, -0.15) is 0 Å². The van der Waals surface area contributed by atoms with Crippen LogP contribution >= 0.6 is 0 Å². The highest BCUT2D eigenvalue weighted by atomic mass is 19.1. The summed E-state index contributed by atoms with van der Waals surface area (Å²) >= 11 is 0. The smallest absolute Gasteiger partial charge is 0.246 e. The number of rotatable bonds is 16. The maximum atomic E-state index is 13.8. The van der Waals surface area contributed by atoms with Gasteiger partial charge in [0.25, 0.3) is 0 Å². The maximum Gasteiger partial charge on any atom is 0.246 e. The number of fused-ring (bicyclic) bond motifs is 1. The fourth-order valence-corrected chi connectivity index (χ4v) is 4.83. The summed E-state index contributed by atoms with van der Waals surface area (Å²) in [6.45, 7) is 5.57. The van der Waals surface area contributed by atoms with Crippen LogP contribution in [-0.2, 0) is 33.5 Å². The number of unbranched alkanes of at least 4 members (excludes halogenated alkanes) is 1. The summed E-state index contributed by atoms with van der Waals surface area (Å²) in [6.07, 6.45) is 5.10. The Kier molecular flexibility index (Phi) is 12.6. The molecule has 2 aromatic rings. The van der Waals surface area contributed by atoms with E-state index < -0.39 is 29.7 Å². The Morgan fingerprint density at radius 2 is 1.82 bits per heavy atom. The van der Waals surface area contributed by atoms with E-state index in [0.29, 0.717) is 18.8 Å². The van der Waals surface area contributed by atoms with Gasteiger partial charge in [-0.25, -0.2) is 8.78 Å². The third kappa shape index (κ3) is 9.73. The molecule has 3 N–H and O–H groups in total. The fourth-order valence-electron chi connectivity index (χ4n) is 4.83. The molecule has 0 radical (unpaired) electrons. The lowest BCUT2D eigenvalue weighted by Crippen LogP contribution is -2.50. The summed E-state index contributed by atoms with van der Waals surface area (Å²) in [5, 5.41) is 17.4. The maximum absolute atomic E-state index is 13.8. The van der Waals surface area contributed by atoms with Crippen molar-refractivity contribution in [2.75, 3.05) is 33.0 Å². The number of hydrogen-bond donors (Lipinski definition) is 3. The van der Waals surface area contributed by atoms with Gasteiger partial charge in [0.1, 0.15) is 18.2 Å². The fraction of sp³-hybridized carbons (Fsp3) is 0.567. The minimum absolute atomic E-state index is 0.0740. The number of carbonyl (C=O) groups excluding carboxylic acids is 1. The van der Waals surface area contributed by atoms with Gasteiger partial charge >= 0.3 is 0 Å². The van der Waals surface area contributed by atoms with Crippen molar-refractivity contribution in [3.63, 3.8) is 0 Å². The lowest BCUT2D eigenvalue weighted by molar-refractivity contribution is -0.127. The van der Waals surface area contributed by atoms with Gasteiger partial charge in [0.2, 0.25) is 5.91 Å². The molecule has 2 aromatic carbocycles. The molecule has 6 nitrogen and oxygen atoms in total. The molecule has 0 bridgehead atoms. The van der Waals surface area contributed by atoms with Gasteiger partial charge in [0, 0.05) is 25.3 Å². The predicted octanol–water partition coefficient (Wildman–Crippen LogP) is 4.42. The first-order chi connectivity index (χ1) is 18.4. The van der Waals surface area contributed by atoms with Crippen molar-refractivity contribution in [3.05, 3.63) is 70.3 Å². The van der Waals surface area contributed by atoms with Gasteiger partial charge in [0.15, 0.2) is 0 Å². The van der Waals surface area contributed by atoms with Crippen molar-refractivity contribution >= 4 is 5.91 Å². The van der Waals surface area contributed by atoms with Crippen molar-refractivity contribution in [2.24, 2.45) is 0 Å². The molecule has 0 saturated carbocycles. The number of ether oxygens (including phenoxy) is 2. The van der Waals surface area contributed by atoms with E-state index in [1.165, 1.54) is 28.8 Å². The first-order valence-corrected chi connectivity index (χ1v) is 13.8. The molecular weight excluding hydrogens is 490 g/mol. The molecule has 1 amide bonds. The molecule has 38 heavy (non-hydrogen) atoms. The lowest BCUT2D eigenvalue weighted by Gasteiger charge is -2.30. The Bertz CT molecular complexity index is 999. The molecule has 1 aliphatic carbocycles. The van der Waals surface area contributed by atoms with E-state index >= 15 is 0 Å². The Balaban J connectivity index is 1.60. The van der Waals surface area contributed by atoms with Gasteiger partial charge in [-0.05, 0) is 72.9 Å². The second kappa shape index (κ2) is 15.9. The quantitative estimate of drug-likeness (QED) is 0.279. The van der Waals surface area contributed by atoms with E-state index in [2.05, 4.69) is 42.7 Å². The summed E-state index contributed by atoms with van der Waals surface area (Å²) in [4.78, 5) is 12.6. The molecule has 0 heterocycles. The monoisotopic (exact) mass is 532 g/mol. The normalized spacial score (nSPS) is 16.6. The highest BCUT2D eigenvalue weighted by Crippen LogP contribution is 2.30. The third-order valence-electron chi connectivity index (χ3n) is 6.94. The van der Waals surface area contributed by atoms with Crippen LogP contribution < -0.4 is 10.6 Å². The zero-order chi connectivity index (χ0) is 27.3. The Morgan fingerprint density at radius 1 is 1.05 bits per heavy atom. The second-order valence-electron chi connectivity index (χ2n) is 9.98. The number of halogens is 2. The van der Waals surface area contributed by atoms with Crippen molar-refractivity contribution in [1.82, 2.24) is 10.6 Å². The largest absolute Gasteiger partial charge is 0.390 e. The molecule has 0 saturated heterocycles. The van der Waals surface area contributed by atoms with Crippen LogP contribution in [0.2, 0.25) is 0 Å². The van der Waals surface area contributed by atoms with E-state index in [9.17, 15) is 18.7 Å². The summed E-state index contributed by atoms with van der Waals surface area (Å²) in [7, 11) is 0. The average molecular weight is 533 g/mol. The van der Waals surface area contributed by atoms with Crippen molar-refractivity contribution < 1.29 is 28.2 Å². The van der Waals surface area contributed by atoms with Gasteiger partial charge in [0.05, 0.1) is 25.4 Å². The van der Waals surface area contributed by atoms with Gasteiger partial charge in [-0.1, -0.05) is 38.5 Å². The van der Waals surface area contributed by atoms with Crippen LogP contribution in [0.1, 0.15) is 67.8 Å². The number of benzene rings is 2. The Labute approximate surface area is 225 Å². The Hall–Kier alpha value is -2.39. The van der Waals surface area contributed by atoms with Crippen LogP contribution in [0.5, 0.6) is 0 Å². The summed E-state index contributed by atoms with van der Waals surface area (Å²) in [5.74, 6) is -1.81. The zero-order valence-electron chi connectivity index (χ0n) is 22.6. The van der Waals surface area contributed by atoms with Crippen molar-refractivity contribution in [3.8, 4) is 0 Å². The van der Waals surface area contributed by atoms with E-state index in [0.717, 1.165) is 44.6 Å². The molecular formula is C30H42F2N2O4. The molecule has 0 aliphatic heterocycles. The van der Waals surface area contributed by atoms with Crippen LogP contribution in [0.15, 0.2) is 36.4 Å². The zero-order valence-corrected chi connectivity index (χ0v) is 22.6. The Morgan fingerprint density at radius 3 is 2.55 bits per heavy atom. The SMILES string of the molecule is CCCCOCCOCC(=O)N[C@@H](Cc1cc(F)cc(F)c1)[C@H](O)CN[C@H]1CCCc2ccc(CC)cc21. The van der Waals surface area contributed by atoms with Crippen LogP contribution in [-0.4, -0.2) is 56.1 Å². The average Bonchev–Trinajstić information content (AvgIpc) is 2.90. The number of amides is 1. The lowest BCUT2D eigenvalue weighted by atomic mass is 9.86. The first-order valence-electron chi connectivity index (χ1n) is 13.8. The van der Waals surface area contributed by atoms with Crippen LogP contribution in [0, 0.1) is 11.6 Å². The topological polar surface area (TPSA) is 79.8 Å². The van der Waals surface area contributed by atoms with Gasteiger partial charge in [-0.15, -0.1) is 0 Å². The number of aliphatic hydroxyl groups is 1. The van der Waals surface area contributed by atoms with Crippen LogP contribution in [0.4, 0.5) is 8.78 Å². The van der Waals surface area contributed by atoms with Gasteiger partial charge < -0.3 is 25.2 Å². The molecule has 1 aliphatic rings. The number of aryl methyl sites for hydroxylation is 2. The highest BCUT2D eigenvalue weighted by Gasteiger charge is 2.26. The van der Waals surface area contributed by atoms with E-state index in [1.54, 1.807) is 0 Å². The number of aliphatic hydroxyl groups excluding tert-OH is 1. The molecule has 8 heteroatoms. The van der Waals surface area contributed by atoms with Crippen LogP contribution in [0.25, 0.3) is 0 Å². The van der Waals surface area contributed by atoms with E-state index in [4.69, 9.17) is 9.47 Å². The second-order valence-corrected chi connectivity index (χ2v) is 9.98. The van der Waals surface area contributed by atoms with E-state index in [1.807, 2.05) is 0 Å². The molecule has 0 fully saturated rings. The standard InChI is InChI=1S/C30H42F2N2O4/c1-3-5-11-37-12-13-38-20-30(36)34-28(17-22-14-24(31)18-25(32)15-22)29(35)19-33-27-8-6-7-23-10-9-21(4-2)16-26(23)27/h9-10,14-16,18,27-29,33,35H,3-8,11-13,17,19-20H2,1-2H3,(H,34,36)/t27-,28-,29+/m0/s1. The van der Waals surface area contributed by atoms with Crippen LogP contribution in [0.3, 0.4) is 0 Å². The number of carbonyl (C=O) groups is 1. The molecule has 0 spiro atoms. The first kappa shape index (κ1) is 30.2. The minimum Gasteiger partial charge on any atom is -0.390 e. The molecule has 3 atom stereocenters. The minimum atomic E-state index is -0.984. The third-order valence-corrected chi connectivity index (χ3v) is 6.94. The summed E-state index contributed by atoms with van der Waals surface area (Å²) < 4.78 is 38.5. The molecule has 0 unspecified atom stereocenters. The predicted molar refractivity (Wildman–Crippen MR) is 144 cm³/mol. The van der Waals surface area contributed by atoms with Crippen molar-refractivity contribution in [1.29, 1.82) is 0 Å². The van der Waals surface area contributed by atoms with Gasteiger partial charge in [-0.3, -0.25) is 4.79 Å². The number of hydrogen-bond acceptors (Lipinski definition) is 5. The number of nitrogens with one attached hydrogen (secondary N) is 2. The summed E-state index contributed by atoms with van der Waals surface area (Å²) in [5.41, 5.74) is 4.20. The molecule has 0 aromatic heterocycles. The summed E-state index contributed by atoms with van der Waals surface area (Å²) in [6, 6.07) is 9.16. The van der Waals surface area contributed by atoms with E-state index in [-0.39, 0.29) is 32.2 Å². The molecule has 210 valence electrons. The highest BCUT2D eigenvalue weighted by molar-refractivity contribution is 5.77. The molecule has 3 rings (SSSR count). The van der Waals surface area contributed by atoms with Crippen molar-refractivity contribution in [2.45, 2.75) is 77.0 Å².